The van der Waals surface area contributed by atoms with Crippen LogP contribution in [0.2, 0.25) is 0 Å². The third-order valence-electron chi connectivity index (χ3n) is 3.55. The van der Waals surface area contributed by atoms with E-state index in [0.717, 1.165) is 10.7 Å². The summed E-state index contributed by atoms with van der Waals surface area (Å²) in [5, 5.41) is 0.802. The summed E-state index contributed by atoms with van der Waals surface area (Å²) in [4.78, 5) is 23.9. The Hall–Kier alpha value is -3.26. The maximum Gasteiger partial charge on any atom is 0.335 e. The van der Waals surface area contributed by atoms with Crippen LogP contribution in [0.5, 0.6) is 5.88 Å². The molecule has 3 heterocycles. The number of carbonyl (C=O) groups excluding carboxylic acids is 1. The van der Waals surface area contributed by atoms with Gasteiger partial charge in [0, 0.05) is 24.2 Å². The largest absolute Gasteiger partial charge is 0.481 e. The van der Waals surface area contributed by atoms with E-state index in [4.69, 9.17) is 4.74 Å². The van der Waals surface area contributed by atoms with Crippen LogP contribution in [0.3, 0.4) is 0 Å². The third-order valence-corrected chi connectivity index (χ3v) is 6.02. The highest BCUT2D eigenvalue weighted by Crippen LogP contribution is 2.22. The molecule has 0 radical (unpaired) electrons. The summed E-state index contributed by atoms with van der Waals surface area (Å²) in [5.41, 5.74) is 0.552. The van der Waals surface area contributed by atoms with Crippen LogP contribution in [0.25, 0.3) is 5.65 Å². The number of amides is 2. The number of aromatic nitrogens is 4. The van der Waals surface area contributed by atoms with Crippen molar-refractivity contribution in [3.8, 4) is 5.88 Å². The maximum absolute atomic E-state index is 12.8. The summed E-state index contributed by atoms with van der Waals surface area (Å²) < 4.78 is 57.5. The molecule has 0 aliphatic carbocycles. The molecule has 3 aromatic heterocycles. The second kappa shape index (κ2) is 7.29. The number of ether oxygens (including phenoxy) is 1. The highest BCUT2D eigenvalue weighted by atomic mass is 32.2. The number of rotatable bonds is 5. The monoisotopic (exact) mass is 440 g/mol. The molecule has 0 spiro atoms. The number of sulfone groups is 1. The molecule has 29 heavy (non-hydrogen) atoms. The van der Waals surface area contributed by atoms with E-state index in [1.165, 1.54) is 31.5 Å². The molecule has 0 fully saturated rings. The van der Waals surface area contributed by atoms with E-state index < -0.39 is 35.9 Å². The molecule has 0 saturated heterocycles. The first-order valence-corrected chi connectivity index (χ1v) is 11.3. The van der Waals surface area contributed by atoms with Gasteiger partial charge in [-0.05, 0) is 19.1 Å². The van der Waals surface area contributed by atoms with Crippen molar-refractivity contribution >= 4 is 37.5 Å². The Morgan fingerprint density at radius 2 is 1.86 bits per heavy atom. The number of imidazole rings is 1. The molecule has 0 aliphatic heterocycles. The summed E-state index contributed by atoms with van der Waals surface area (Å²) in [5.74, 6) is -0.0344. The van der Waals surface area contributed by atoms with Gasteiger partial charge in [-0.3, -0.25) is 9.72 Å². The Labute approximate surface area is 165 Å². The number of methoxy groups -OCH3 is 1. The van der Waals surface area contributed by atoms with E-state index in [-0.39, 0.29) is 17.5 Å². The number of pyridine rings is 1. The number of carbonyl (C=O) groups is 1. The smallest absolute Gasteiger partial charge is 0.335 e. The van der Waals surface area contributed by atoms with Crippen LogP contribution in [-0.4, -0.2) is 55.6 Å². The number of sulfonamides is 1. The standard InChI is InChI=1S/C15H16N6O6S2/c1-9-8-11(27-2)18-14(16-9)19-15(22)20-29(25,26)13-12(28(3,23)24)17-10-6-4-5-7-21(10)13/h4-8H,1-3H3,(H2,16,18,19,20,22). The number of urea groups is 1. The van der Waals surface area contributed by atoms with Crippen molar-refractivity contribution in [2.24, 2.45) is 0 Å². The first kappa shape index (κ1) is 20.5. The maximum atomic E-state index is 12.8. The van der Waals surface area contributed by atoms with Gasteiger partial charge in [0.1, 0.15) is 5.65 Å². The van der Waals surface area contributed by atoms with E-state index in [9.17, 15) is 21.6 Å². The van der Waals surface area contributed by atoms with Crippen LogP contribution < -0.4 is 14.8 Å². The first-order chi connectivity index (χ1) is 13.5. The number of fused-ring (bicyclic) bond motifs is 1. The van der Waals surface area contributed by atoms with Crippen molar-refractivity contribution in [1.82, 2.24) is 24.1 Å². The van der Waals surface area contributed by atoms with Crippen LogP contribution in [-0.2, 0) is 19.9 Å². The van der Waals surface area contributed by atoms with Crippen molar-refractivity contribution in [3.63, 3.8) is 0 Å². The Morgan fingerprint density at radius 3 is 2.52 bits per heavy atom. The molecule has 3 aromatic rings. The van der Waals surface area contributed by atoms with Crippen LogP contribution in [0.4, 0.5) is 10.7 Å². The van der Waals surface area contributed by atoms with Crippen molar-refractivity contribution in [2.75, 3.05) is 18.7 Å². The van der Waals surface area contributed by atoms with Crippen molar-refractivity contribution < 1.29 is 26.4 Å². The summed E-state index contributed by atoms with van der Waals surface area (Å²) in [6, 6.07) is 4.81. The van der Waals surface area contributed by atoms with E-state index in [1.807, 2.05) is 0 Å². The number of aryl methyl sites for hydroxylation is 1. The fourth-order valence-electron chi connectivity index (χ4n) is 2.44. The zero-order valence-electron chi connectivity index (χ0n) is 15.4. The minimum absolute atomic E-state index is 0.0838. The quantitative estimate of drug-likeness (QED) is 0.570. The lowest BCUT2D eigenvalue weighted by Crippen LogP contribution is -2.36. The lowest BCUT2D eigenvalue weighted by molar-refractivity contribution is 0.256. The summed E-state index contributed by atoms with van der Waals surface area (Å²) >= 11 is 0. The van der Waals surface area contributed by atoms with Gasteiger partial charge in [-0.1, -0.05) is 6.07 Å². The van der Waals surface area contributed by atoms with Crippen molar-refractivity contribution in [3.05, 3.63) is 36.2 Å². The fraction of sp³-hybridized carbons (Fsp3) is 0.200. The average molecular weight is 440 g/mol. The van der Waals surface area contributed by atoms with Crippen LogP contribution in [0, 0.1) is 6.92 Å². The molecule has 154 valence electrons. The normalized spacial score (nSPS) is 12.0. The lowest BCUT2D eigenvalue weighted by Gasteiger charge is -2.09. The lowest BCUT2D eigenvalue weighted by atomic mass is 10.4. The van der Waals surface area contributed by atoms with Crippen LogP contribution >= 0.6 is 0 Å². The van der Waals surface area contributed by atoms with E-state index in [0.29, 0.717) is 5.69 Å². The van der Waals surface area contributed by atoms with Crippen LogP contribution in [0.15, 0.2) is 40.5 Å². The number of anilines is 1. The second-order valence-electron chi connectivity index (χ2n) is 5.86. The number of nitrogens with one attached hydrogen (secondary N) is 2. The molecule has 0 unspecified atom stereocenters. The van der Waals surface area contributed by atoms with Gasteiger partial charge < -0.3 is 4.74 Å². The van der Waals surface area contributed by atoms with E-state index in [2.05, 4.69) is 20.3 Å². The van der Waals surface area contributed by atoms with Gasteiger partial charge in [0.15, 0.2) is 19.9 Å². The summed E-state index contributed by atoms with van der Waals surface area (Å²) in [6.45, 7) is 1.63. The molecular weight excluding hydrogens is 424 g/mol. The van der Waals surface area contributed by atoms with Gasteiger partial charge in [0.25, 0.3) is 10.0 Å². The van der Waals surface area contributed by atoms with E-state index >= 15 is 0 Å². The predicted molar refractivity (Wildman–Crippen MR) is 101 cm³/mol. The molecule has 12 nitrogen and oxygen atoms in total. The molecule has 0 bridgehead atoms. The van der Waals surface area contributed by atoms with Gasteiger partial charge in [0.05, 0.1) is 7.11 Å². The number of hydrogen-bond acceptors (Lipinski definition) is 9. The Kier molecular flexibility index (Phi) is 5.15. The van der Waals surface area contributed by atoms with Gasteiger partial charge >= 0.3 is 6.03 Å². The number of nitrogens with zero attached hydrogens (tertiary/aromatic N) is 4. The molecule has 0 aliphatic rings. The van der Waals surface area contributed by atoms with E-state index in [1.54, 1.807) is 17.7 Å². The zero-order chi connectivity index (χ0) is 21.4. The van der Waals surface area contributed by atoms with Crippen molar-refractivity contribution in [1.29, 1.82) is 0 Å². The second-order valence-corrected chi connectivity index (χ2v) is 9.39. The van der Waals surface area contributed by atoms with Gasteiger partial charge in [-0.25, -0.2) is 27.9 Å². The first-order valence-electron chi connectivity index (χ1n) is 7.92. The minimum atomic E-state index is -4.63. The highest BCUT2D eigenvalue weighted by molar-refractivity contribution is 7.93. The fourth-order valence-corrected chi connectivity index (χ4v) is 4.97. The zero-order valence-corrected chi connectivity index (χ0v) is 17.1. The highest BCUT2D eigenvalue weighted by Gasteiger charge is 2.32. The van der Waals surface area contributed by atoms with Gasteiger partial charge in [-0.15, -0.1) is 0 Å². The Bertz CT molecular complexity index is 1320. The third kappa shape index (κ3) is 4.27. The predicted octanol–water partition coefficient (Wildman–Crippen LogP) is 0.355. The van der Waals surface area contributed by atoms with Gasteiger partial charge in [-0.2, -0.15) is 13.4 Å². The van der Waals surface area contributed by atoms with Crippen LogP contribution in [0.1, 0.15) is 5.69 Å². The molecule has 0 aromatic carbocycles. The molecule has 0 saturated carbocycles. The molecule has 3 rings (SSSR count). The molecule has 2 amide bonds. The number of hydrogen-bond donors (Lipinski definition) is 2. The molecule has 2 N–H and O–H groups in total. The SMILES string of the molecule is COc1cc(C)nc(NC(=O)NS(=O)(=O)c2c(S(C)(=O)=O)nc3ccccn23)n1. The topological polar surface area (TPSA) is 162 Å². The van der Waals surface area contributed by atoms with Crippen molar-refractivity contribution in [2.45, 2.75) is 17.0 Å². The summed E-state index contributed by atoms with van der Waals surface area (Å²) in [6.07, 6.45) is 2.14. The molecule has 14 heteroatoms. The average Bonchev–Trinajstić information content (AvgIpc) is 3.01. The summed E-state index contributed by atoms with van der Waals surface area (Å²) in [7, 11) is -7.27. The molecular formula is C15H16N6O6S2. The Morgan fingerprint density at radius 1 is 1.14 bits per heavy atom. The van der Waals surface area contributed by atoms with Gasteiger partial charge in [0.2, 0.25) is 11.8 Å². The minimum Gasteiger partial charge on any atom is -0.481 e. The molecule has 0 atom stereocenters. The Balaban J connectivity index is 1.98.